The summed E-state index contributed by atoms with van der Waals surface area (Å²) in [6, 6.07) is 2.07. The van der Waals surface area contributed by atoms with Crippen molar-refractivity contribution in [1.29, 1.82) is 0 Å². The summed E-state index contributed by atoms with van der Waals surface area (Å²) in [6.45, 7) is 3.78. The zero-order valence-corrected chi connectivity index (χ0v) is 11.5. The summed E-state index contributed by atoms with van der Waals surface area (Å²) in [5.74, 6) is 0.970. The zero-order valence-electron chi connectivity index (χ0n) is 11.5. The average Bonchev–Trinajstić information content (AvgIpc) is 2.79. The van der Waals surface area contributed by atoms with Gasteiger partial charge in [0.2, 0.25) is 0 Å². The van der Waals surface area contributed by atoms with Crippen LogP contribution in [-0.2, 0) is 4.74 Å². The SMILES string of the molecule is Cc1cc2c(N(C)CC3CCCCO3)nccn2n1. The van der Waals surface area contributed by atoms with Gasteiger partial charge in [0.05, 0.1) is 11.8 Å². The van der Waals surface area contributed by atoms with E-state index in [2.05, 4.69) is 28.1 Å². The summed E-state index contributed by atoms with van der Waals surface area (Å²) in [5, 5.41) is 4.42. The van der Waals surface area contributed by atoms with Crippen molar-refractivity contribution < 1.29 is 4.74 Å². The van der Waals surface area contributed by atoms with E-state index in [1.54, 1.807) is 6.20 Å². The van der Waals surface area contributed by atoms with Gasteiger partial charge < -0.3 is 9.64 Å². The molecule has 0 aromatic carbocycles. The fourth-order valence-electron chi connectivity index (χ4n) is 2.67. The van der Waals surface area contributed by atoms with Crippen LogP contribution < -0.4 is 4.90 Å². The minimum Gasteiger partial charge on any atom is -0.376 e. The largest absolute Gasteiger partial charge is 0.376 e. The van der Waals surface area contributed by atoms with Crippen LogP contribution in [0, 0.1) is 6.92 Å². The third-order valence-electron chi connectivity index (χ3n) is 3.60. The molecule has 0 spiro atoms. The number of aryl methyl sites for hydroxylation is 1. The molecule has 3 rings (SSSR count). The first-order valence-electron chi connectivity index (χ1n) is 6.88. The second kappa shape index (κ2) is 5.17. The van der Waals surface area contributed by atoms with E-state index in [0.29, 0.717) is 6.10 Å². The first-order chi connectivity index (χ1) is 9.24. The quantitative estimate of drug-likeness (QED) is 0.847. The van der Waals surface area contributed by atoms with Gasteiger partial charge in [0, 0.05) is 32.6 Å². The lowest BCUT2D eigenvalue weighted by Crippen LogP contribution is -2.34. The van der Waals surface area contributed by atoms with Gasteiger partial charge in [0.15, 0.2) is 5.82 Å². The fourth-order valence-corrected chi connectivity index (χ4v) is 2.67. The Labute approximate surface area is 113 Å². The second-order valence-electron chi connectivity index (χ2n) is 5.24. The fraction of sp³-hybridized carbons (Fsp3) is 0.571. The Morgan fingerprint density at radius 3 is 3.16 bits per heavy atom. The summed E-state index contributed by atoms with van der Waals surface area (Å²) in [6.07, 6.45) is 7.61. The van der Waals surface area contributed by atoms with Crippen molar-refractivity contribution in [3.05, 3.63) is 24.2 Å². The number of hydrogen-bond acceptors (Lipinski definition) is 4. The van der Waals surface area contributed by atoms with Gasteiger partial charge in [-0.05, 0) is 32.3 Å². The molecule has 0 bridgehead atoms. The predicted molar refractivity (Wildman–Crippen MR) is 74.6 cm³/mol. The van der Waals surface area contributed by atoms with Crippen LogP contribution >= 0.6 is 0 Å². The van der Waals surface area contributed by atoms with Crippen molar-refractivity contribution in [3.8, 4) is 0 Å². The standard InChI is InChI=1S/C14H20N4O/c1-11-9-13-14(15-6-7-18(13)16-11)17(2)10-12-5-3-4-8-19-12/h6-7,9,12H,3-5,8,10H2,1-2H3. The van der Waals surface area contributed by atoms with Gasteiger partial charge in [-0.25, -0.2) is 9.50 Å². The molecule has 2 aromatic heterocycles. The van der Waals surface area contributed by atoms with E-state index in [1.807, 2.05) is 17.6 Å². The highest BCUT2D eigenvalue weighted by Gasteiger charge is 2.18. The molecule has 5 nitrogen and oxygen atoms in total. The van der Waals surface area contributed by atoms with E-state index in [1.165, 1.54) is 12.8 Å². The summed E-state index contributed by atoms with van der Waals surface area (Å²) >= 11 is 0. The van der Waals surface area contributed by atoms with Crippen LogP contribution in [0.3, 0.4) is 0 Å². The lowest BCUT2D eigenvalue weighted by Gasteiger charge is -2.28. The topological polar surface area (TPSA) is 42.7 Å². The lowest BCUT2D eigenvalue weighted by molar-refractivity contribution is 0.0215. The number of nitrogens with zero attached hydrogens (tertiary/aromatic N) is 4. The molecule has 0 radical (unpaired) electrons. The number of likely N-dealkylation sites (N-methyl/N-ethyl adjacent to an activating group) is 1. The monoisotopic (exact) mass is 260 g/mol. The Hall–Kier alpha value is -1.62. The third kappa shape index (κ3) is 2.56. The number of fused-ring (bicyclic) bond motifs is 1. The molecule has 19 heavy (non-hydrogen) atoms. The third-order valence-corrected chi connectivity index (χ3v) is 3.60. The molecular weight excluding hydrogens is 240 g/mol. The minimum absolute atomic E-state index is 0.324. The smallest absolute Gasteiger partial charge is 0.154 e. The van der Waals surface area contributed by atoms with Gasteiger partial charge in [-0.1, -0.05) is 0 Å². The molecule has 1 unspecified atom stereocenters. The van der Waals surface area contributed by atoms with E-state index in [9.17, 15) is 0 Å². The van der Waals surface area contributed by atoms with Crippen LogP contribution in [0.5, 0.6) is 0 Å². The number of rotatable bonds is 3. The van der Waals surface area contributed by atoms with E-state index >= 15 is 0 Å². The number of ether oxygens (including phenoxy) is 1. The minimum atomic E-state index is 0.324. The van der Waals surface area contributed by atoms with E-state index in [0.717, 1.165) is 36.6 Å². The molecule has 1 atom stereocenters. The Morgan fingerprint density at radius 2 is 2.37 bits per heavy atom. The Bertz CT molecular complexity index is 560. The first kappa shape index (κ1) is 12.4. The maximum Gasteiger partial charge on any atom is 0.154 e. The van der Waals surface area contributed by atoms with Crippen molar-refractivity contribution >= 4 is 11.3 Å². The highest BCUT2D eigenvalue weighted by Crippen LogP contribution is 2.21. The second-order valence-corrected chi connectivity index (χ2v) is 5.24. The van der Waals surface area contributed by atoms with Crippen molar-refractivity contribution in [2.24, 2.45) is 0 Å². The van der Waals surface area contributed by atoms with Gasteiger partial charge in [0.25, 0.3) is 0 Å². The van der Waals surface area contributed by atoms with Crippen LogP contribution in [0.4, 0.5) is 5.82 Å². The lowest BCUT2D eigenvalue weighted by atomic mass is 10.1. The molecule has 0 N–H and O–H groups in total. The molecule has 5 heteroatoms. The van der Waals surface area contributed by atoms with Gasteiger partial charge in [-0.2, -0.15) is 5.10 Å². The predicted octanol–water partition coefficient (Wildman–Crippen LogP) is 2.04. The highest BCUT2D eigenvalue weighted by molar-refractivity contribution is 5.68. The van der Waals surface area contributed by atoms with Crippen LogP contribution in [0.15, 0.2) is 18.5 Å². The molecule has 1 aliphatic heterocycles. The molecule has 1 fully saturated rings. The van der Waals surface area contributed by atoms with Crippen molar-refractivity contribution in [2.45, 2.75) is 32.3 Å². The van der Waals surface area contributed by atoms with Crippen LogP contribution in [-0.4, -0.2) is 40.9 Å². The van der Waals surface area contributed by atoms with Crippen LogP contribution in [0.25, 0.3) is 5.52 Å². The first-order valence-corrected chi connectivity index (χ1v) is 6.88. The summed E-state index contributed by atoms with van der Waals surface area (Å²) in [5.41, 5.74) is 2.06. The maximum absolute atomic E-state index is 5.80. The van der Waals surface area contributed by atoms with Gasteiger partial charge in [-0.3, -0.25) is 0 Å². The Kier molecular flexibility index (Phi) is 3.38. The van der Waals surface area contributed by atoms with Crippen molar-refractivity contribution in [1.82, 2.24) is 14.6 Å². The molecule has 1 saturated heterocycles. The van der Waals surface area contributed by atoms with Gasteiger partial charge in [0.1, 0.15) is 5.52 Å². The molecule has 0 amide bonds. The van der Waals surface area contributed by atoms with E-state index < -0.39 is 0 Å². The molecule has 2 aromatic rings. The normalized spacial score (nSPS) is 19.8. The Morgan fingerprint density at radius 1 is 1.47 bits per heavy atom. The van der Waals surface area contributed by atoms with Crippen LogP contribution in [0.2, 0.25) is 0 Å². The number of aromatic nitrogens is 3. The highest BCUT2D eigenvalue weighted by atomic mass is 16.5. The molecule has 0 aliphatic carbocycles. The molecule has 1 aliphatic rings. The average molecular weight is 260 g/mol. The van der Waals surface area contributed by atoms with Gasteiger partial charge >= 0.3 is 0 Å². The molecule has 0 saturated carbocycles. The number of hydrogen-bond donors (Lipinski definition) is 0. The van der Waals surface area contributed by atoms with Crippen LogP contribution in [0.1, 0.15) is 25.0 Å². The van der Waals surface area contributed by atoms with Gasteiger partial charge in [-0.15, -0.1) is 0 Å². The maximum atomic E-state index is 5.80. The summed E-state index contributed by atoms with van der Waals surface area (Å²) < 4.78 is 7.68. The zero-order chi connectivity index (χ0) is 13.2. The summed E-state index contributed by atoms with van der Waals surface area (Å²) in [4.78, 5) is 6.67. The van der Waals surface area contributed by atoms with Crippen molar-refractivity contribution in [3.63, 3.8) is 0 Å². The number of anilines is 1. The van der Waals surface area contributed by atoms with E-state index in [4.69, 9.17) is 4.74 Å². The summed E-state index contributed by atoms with van der Waals surface area (Å²) in [7, 11) is 2.07. The molecular formula is C14H20N4O. The molecule has 102 valence electrons. The van der Waals surface area contributed by atoms with Crippen molar-refractivity contribution in [2.75, 3.05) is 25.1 Å². The molecule has 3 heterocycles. The Balaban J connectivity index is 1.82. The van der Waals surface area contributed by atoms with E-state index in [-0.39, 0.29) is 0 Å².